The topological polar surface area (TPSA) is 57.2 Å². The predicted octanol–water partition coefficient (Wildman–Crippen LogP) is 3.32. The van der Waals surface area contributed by atoms with Gasteiger partial charge in [-0.1, -0.05) is 6.07 Å². The molecule has 0 fully saturated rings. The van der Waals surface area contributed by atoms with Crippen molar-refractivity contribution in [2.24, 2.45) is 0 Å². The molecule has 1 aliphatic heterocycles. The van der Waals surface area contributed by atoms with Gasteiger partial charge in [-0.15, -0.1) is 0 Å². The van der Waals surface area contributed by atoms with Crippen molar-refractivity contribution in [3.8, 4) is 23.0 Å². The van der Waals surface area contributed by atoms with Crippen molar-refractivity contribution in [3.05, 3.63) is 53.1 Å². The highest BCUT2D eigenvalue weighted by molar-refractivity contribution is 5.92. The quantitative estimate of drug-likeness (QED) is 0.717. The summed E-state index contributed by atoms with van der Waals surface area (Å²) in [6.45, 7) is 1.27. The van der Waals surface area contributed by atoms with Crippen LogP contribution in [0.5, 0.6) is 23.0 Å². The monoisotopic (exact) mass is 383 g/mol. The average Bonchev–Trinajstić information content (AvgIpc) is 2.75. The first-order valence-corrected chi connectivity index (χ1v) is 9.02. The first-order chi connectivity index (χ1) is 13.6. The summed E-state index contributed by atoms with van der Waals surface area (Å²) in [5.74, 6) is 2.39. The van der Waals surface area contributed by atoms with Gasteiger partial charge in [0.05, 0.1) is 28.4 Å². The molecule has 1 amide bonds. The second-order valence-corrected chi connectivity index (χ2v) is 6.44. The van der Waals surface area contributed by atoms with Crippen LogP contribution >= 0.6 is 0 Å². The van der Waals surface area contributed by atoms with E-state index in [-0.39, 0.29) is 5.91 Å². The maximum Gasteiger partial charge on any atom is 0.246 e. The van der Waals surface area contributed by atoms with E-state index < -0.39 is 0 Å². The third-order valence-corrected chi connectivity index (χ3v) is 4.84. The molecule has 2 aromatic rings. The summed E-state index contributed by atoms with van der Waals surface area (Å²) in [6.07, 6.45) is 4.17. The summed E-state index contributed by atoms with van der Waals surface area (Å²) < 4.78 is 21.3. The fourth-order valence-corrected chi connectivity index (χ4v) is 3.32. The standard InChI is InChI=1S/C22H25NO5/c1-25-18-7-6-16-9-10-23(14-17(16)13-18)21(24)8-5-15-11-19(26-2)22(28-4)20(12-15)27-3/h5-8,11-13H,9-10,14H2,1-4H3/b8-5+. The van der Waals surface area contributed by atoms with Crippen molar-refractivity contribution in [3.63, 3.8) is 0 Å². The number of fused-ring (bicyclic) bond motifs is 1. The zero-order valence-electron chi connectivity index (χ0n) is 16.7. The van der Waals surface area contributed by atoms with Gasteiger partial charge in [-0.05, 0) is 53.5 Å². The lowest BCUT2D eigenvalue weighted by Gasteiger charge is -2.28. The van der Waals surface area contributed by atoms with Crippen LogP contribution in [0.25, 0.3) is 6.08 Å². The molecule has 1 aliphatic rings. The van der Waals surface area contributed by atoms with Crippen LogP contribution in [0.2, 0.25) is 0 Å². The number of ether oxygens (including phenoxy) is 4. The average molecular weight is 383 g/mol. The summed E-state index contributed by atoms with van der Waals surface area (Å²) in [5, 5.41) is 0. The van der Waals surface area contributed by atoms with Gasteiger partial charge in [0.1, 0.15) is 5.75 Å². The molecule has 0 unspecified atom stereocenters. The molecule has 28 heavy (non-hydrogen) atoms. The molecule has 0 saturated heterocycles. The van der Waals surface area contributed by atoms with E-state index in [1.54, 1.807) is 40.6 Å². The fourth-order valence-electron chi connectivity index (χ4n) is 3.32. The summed E-state index contributed by atoms with van der Waals surface area (Å²) in [6, 6.07) is 9.64. The van der Waals surface area contributed by atoms with E-state index in [1.807, 2.05) is 29.2 Å². The van der Waals surface area contributed by atoms with Gasteiger partial charge in [-0.25, -0.2) is 0 Å². The van der Waals surface area contributed by atoms with Gasteiger partial charge < -0.3 is 23.8 Å². The third-order valence-electron chi connectivity index (χ3n) is 4.84. The molecule has 0 aliphatic carbocycles. The Morgan fingerprint density at radius 3 is 2.25 bits per heavy atom. The van der Waals surface area contributed by atoms with E-state index >= 15 is 0 Å². The maximum atomic E-state index is 12.7. The molecule has 0 N–H and O–H groups in total. The van der Waals surface area contributed by atoms with Crippen LogP contribution in [-0.2, 0) is 17.8 Å². The second-order valence-electron chi connectivity index (χ2n) is 6.44. The smallest absolute Gasteiger partial charge is 0.246 e. The Morgan fingerprint density at radius 2 is 1.64 bits per heavy atom. The Morgan fingerprint density at radius 1 is 0.929 bits per heavy atom. The van der Waals surface area contributed by atoms with Gasteiger partial charge in [0.2, 0.25) is 11.7 Å². The molecular weight excluding hydrogens is 358 g/mol. The SMILES string of the molecule is COc1ccc2c(c1)CN(C(=O)/C=C/c1cc(OC)c(OC)c(OC)c1)CC2. The van der Waals surface area contributed by atoms with E-state index in [0.29, 0.717) is 30.3 Å². The highest BCUT2D eigenvalue weighted by Gasteiger charge is 2.20. The number of carbonyl (C=O) groups is 1. The van der Waals surface area contributed by atoms with Crippen molar-refractivity contribution in [1.82, 2.24) is 4.90 Å². The minimum Gasteiger partial charge on any atom is -0.497 e. The Hall–Kier alpha value is -3.15. The number of rotatable bonds is 6. The lowest BCUT2D eigenvalue weighted by atomic mass is 9.99. The molecule has 0 radical (unpaired) electrons. The molecule has 3 rings (SSSR count). The molecule has 2 aromatic carbocycles. The summed E-state index contributed by atoms with van der Waals surface area (Å²) in [4.78, 5) is 14.5. The van der Waals surface area contributed by atoms with Gasteiger partial charge in [0.15, 0.2) is 11.5 Å². The Kier molecular flexibility index (Phi) is 6.09. The molecule has 6 heteroatoms. The highest BCUT2D eigenvalue weighted by atomic mass is 16.5. The molecule has 0 atom stereocenters. The highest BCUT2D eigenvalue weighted by Crippen LogP contribution is 2.38. The van der Waals surface area contributed by atoms with E-state index in [4.69, 9.17) is 18.9 Å². The third kappa shape index (κ3) is 4.06. The van der Waals surface area contributed by atoms with E-state index in [1.165, 1.54) is 5.56 Å². The van der Waals surface area contributed by atoms with Crippen molar-refractivity contribution in [2.75, 3.05) is 35.0 Å². The fraction of sp³-hybridized carbons (Fsp3) is 0.318. The van der Waals surface area contributed by atoms with E-state index in [9.17, 15) is 4.79 Å². The van der Waals surface area contributed by atoms with E-state index in [0.717, 1.165) is 23.3 Å². The number of nitrogens with zero attached hydrogens (tertiary/aromatic N) is 1. The Labute approximate surface area is 165 Å². The molecule has 0 spiro atoms. The molecule has 148 valence electrons. The van der Waals surface area contributed by atoms with Crippen LogP contribution in [0, 0.1) is 0 Å². The minimum absolute atomic E-state index is 0.0396. The molecule has 0 saturated carbocycles. The van der Waals surface area contributed by atoms with Crippen LogP contribution < -0.4 is 18.9 Å². The zero-order valence-corrected chi connectivity index (χ0v) is 16.7. The van der Waals surface area contributed by atoms with Crippen LogP contribution in [0.1, 0.15) is 16.7 Å². The summed E-state index contributed by atoms with van der Waals surface area (Å²) in [7, 11) is 6.33. The number of methoxy groups -OCH3 is 4. The molecule has 0 aromatic heterocycles. The number of amides is 1. The minimum atomic E-state index is -0.0396. The first-order valence-electron chi connectivity index (χ1n) is 9.02. The predicted molar refractivity (Wildman–Crippen MR) is 107 cm³/mol. The van der Waals surface area contributed by atoms with Crippen molar-refractivity contribution in [2.45, 2.75) is 13.0 Å². The second kappa shape index (κ2) is 8.69. The molecular formula is C22H25NO5. The number of hydrogen-bond donors (Lipinski definition) is 0. The maximum absolute atomic E-state index is 12.7. The zero-order chi connectivity index (χ0) is 20.1. The lowest BCUT2D eigenvalue weighted by Crippen LogP contribution is -2.34. The Balaban J connectivity index is 1.77. The summed E-state index contributed by atoms with van der Waals surface area (Å²) >= 11 is 0. The van der Waals surface area contributed by atoms with Crippen LogP contribution in [0.15, 0.2) is 36.4 Å². The summed E-state index contributed by atoms with van der Waals surface area (Å²) in [5.41, 5.74) is 3.18. The van der Waals surface area contributed by atoms with Gasteiger partial charge in [0, 0.05) is 19.2 Å². The lowest BCUT2D eigenvalue weighted by molar-refractivity contribution is -0.126. The Bertz CT molecular complexity index is 865. The number of benzene rings is 2. The number of carbonyl (C=O) groups excluding carboxylic acids is 1. The van der Waals surface area contributed by atoms with Crippen molar-refractivity contribution < 1.29 is 23.7 Å². The van der Waals surface area contributed by atoms with Gasteiger partial charge >= 0.3 is 0 Å². The van der Waals surface area contributed by atoms with E-state index in [2.05, 4.69) is 6.07 Å². The molecule has 6 nitrogen and oxygen atoms in total. The van der Waals surface area contributed by atoms with Crippen molar-refractivity contribution >= 4 is 12.0 Å². The molecule has 0 bridgehead atoms. The van der Waals surface area contributed by atoms with Crippen LogP contribution in [-0.4, -0.2) is 45.8 Å². The number of hydrogen-bond acceptors (Lipinski definition) is 5. The first kappa shape index (κ1) is 19.6. The van der Waals surface area contributed by atoms with Crippen molar-refractivity contribution in [1.29, 1.82) is 0 Å². The van der Waals surface area contributed by atoms with Gasteiger partial charge in [-0.3, -0.25) is 4.79 Å². The molecule has 1 heterocycles. The van der Waals surface area contributed by atoms with Gasteiger partial charge in [-0.2, -0.15) is 0 Å². The van der Waals surface area contributed by atoms with Gasteiger partial charge in [0.25, 0.3) is 0 Å². The van der Waals surface area contributed by atoms with Crippen LogP contribution in [0.4, 0.5) is 0 Å². The normalized spacial score (nSPS) is 13.2. The largest absolute Gasteiger partial charge is 0.497 e. The van der Waals surface area contributed by atoms with Crippen LogP contribution in [0.3, 0.4) is 0 Å².